The molecule has 0 radical (unpaired) electrons. The zero-order chi connectivity index (χ0) is 52.2. The second-order valence-electron chi connectivity index (χ2n) is 17.2. The van der Waals surface area contributed by atoms with Gasteiger partial charge in [0.1, 0.15) is 24.5 Å². The van der Waals surface area contributed by atoms with Crippen LogP contribution in [0.3, 0.4) is 0 Å². The average Bonchev–Trinajstić information content (AvgIpc) is 3.66. The zero-order valence-electron chi connectivity index (χ0n) is 42.7. The predicted octanol–water partition coefficient (Wildman–Crippen LogP) is 2.79. The van der Waals surface area contributed by atoms with E-state index >= 15 is 0 Å². The Morgan fingerprint density at radius 1 is 0.630 bits per heavy atom. The predicted molar refractivity (Wildman–Crippen MR) is 275 cm³/mol. The molecule has 3 N–H and O–H groups in total. The van der Waals surface area contributed by atoms with Crippen molar-refractivity contribution in [2.45, 2.75) is 96.8 Å². The number of nitrogens with zero attached hydrogens (tertiary/aromatic N) is 3. The number of carbonyl (C=O) groups is 2. The SMILES string of the molecule is C(=Nc1ccccc1)Nc1ccccc1.CC1(C)C(/C=C/Nc2ccccc2)=[N+](CCCCCC(=O)O)c2cc[c-]cc21.CC1=[N+](CCCCCC(=O)[O-])c2cc[c-]cc2C1(C)C.O=S(=O)=O.O=S(=O)=O.[K+].[K+]. The van der Waals surface area contributed by atoms with E-state index in [4.69, 9.17) is 30.4 Å². The van der Waals surface area contributed by atoms with Crippen LogP contribution in [0.4, 0.5) is 28.4 Å². The molecule has 19 heteroatoms. The molecule has 0 saturated carbocycles. The minimum absolute atomic E-state index is 0. The molecule has 0 unspecified atom stereocenters. The molecule has 5 aromatic carbocycles. The Hall–Kier alpha value is -4.10. The number of benzene rings is 5. The van der Waals surface area contributed by atoms with Gasteiger partial charge in [-0.3, -0.25) is 4.79 Å². The molecule has 0 aliphatic carbocycles. The maximum atomic E-state index is 10.7. The molecule has 2 aliphatic heterocycles. The topological polar surface area (TPSA) is 222 Å². The quantitative estimate of drug-likeness (QED) is 0.0288. The molecule has 0 amide bonds. The van der Waals surface area contributed by atoms with Crippen molar-refractivity contribution in [1.29, 1.82) is 0 Å². The molecule has 7 rings (SSSR count). The van der Waals surface area contributed by atoms with Crippen molar-refractivity contribution in [1.82, 2.24) is 0 Å². The van der Waals surface area contributed by atoms with Crippen LogP contribution in [0.2, 0.25) is 0 Å². The van der Waals surface area contributed by atoms with Crippen molar-refractivity contribution < 1.29 is 157 Å². The molecule has 376 valence electrons. The Bertz CT molecular complexity index is 2830. The van der Waals surface area contributed by atoms with Gasteiger partial charge in [0.15, 0.2) is 11.4 Å². The average molecular weight is 1080 g/mol. The molecule has 15 nitrogen and oxygen atoms in total. The van der Waals surface area contributed by atoms with Gasteiger partial charge in [-0.15, -0.1) is 37.4 Å². The number of carbonyl (C=O) groups excluding carboxylic acids is 1. The fraction of sp³-hybridized carbons (Fsp3) is 0.315. The summed E-state index contributed by atoms with van der Waals surface area (Å²) in [5.41, 5.74) is 10.7. The second kappa shape index (κ2) is 36.0. The molecular weight excluding hydrogens is 1020 g/mol. The first-order valence-corrected chi connectivity index (χ1v) is 25.0. The van der Waals surface area contributed by atoms with Crippen LogP contribution in [-0.4, -0.2) is 82.3 Å². The monoisotopic (exact) mass is 1080 g/mol. The number of nitrogens with one attached hydrogen (secondary N) is 2. The van der Waals surface area contributed by atoms with E-state index in [1.807, 2.05) is 109 Å². The van der Waals surface area contributed by atoms with E-state index in [1.165, 1.54) is 33.9 Å². The van der Waals surface area contributed by atoms with Crippen LogP contribution in [0.25, 0.3) is 0 Å². The Morgan fingerprint density at radius 2 is 1.07 bits per heavy atom. The van der Waals surface area contributed by atoms with E-state index in [0.717, 1.165) is 62.3 Å². The van der Waals surface area contributed by atoms with Gasteiger partial charge >= 0.3 is 130 Å². The Kier molecular flexibility index (Phi) is 33.0. The van der Waals surface area contributed by atoms with Gasteiger partial charge in [0.05, 0.1) is 12.0 Å². The van der Waals surface area contributed by atoms with Crippen molar-refractivity contribution >= 4 is 79.4 Å². The third-order valence-corrected chi connectivity index (χ3v) is 11.6. The number of allylic oxidation sites excluding steroid dienone is 1. The standard InChI is InChI=1S/C24H27N2O2.C17H23NO2.C13H12N2.2K.2O3S/c1-24(2)20-13-8-9-14-21(20)26(18-10-4-7-15-23(27)28)22(24)16-17-25-19-11-5-3-6-12-19;1-13-17(2,3)14-9-6-7-10-15(14)18(13)12-8-4-5-11-16(19)20;1-3-7-12(8-4-1)14-11-15-13-9-5-2-6-10-13;;;2*1-4(2)3/h3,5-6,9,11-14,16-17H,4,7,10,15,18H2,1-2H3,(H,27,28);7,9-10H,4-5,8,11-12H2,1-3H3,(H,19,20);1-11H,(H,14,15);;;;/q-1;;;2*+1;;. The van der Waals surface area contributed by atoms with Crippen molar-refractivity contribution in [2.24, 2.45) is 4.99 Å². The van der Waals surface area contributed by atoms with Crippen LogP contribution in [0.5, 0.6) is 0 Å². The zero-order valence-corrected chi connectivity index (χ0v) is 50.6. The molecule has 2 heterocycles. The summed E-state index contributed by atoms with van der Waals surface area (Å²) < 4.78 is 55.4. The number of unbranched alkanes of at least 4 members (excludes halogenated alkanes) is 4. The van der Waals surface area contributed by atoms with Crippen molar-refractivity contribution in [3.8, 4) is 0 Å². The van der Waals surface area contributed by atoms with Gasteiger partial charge in [0.25, 0.3) is 0 Å². The number of para-hydroxylation sites is 3. The molecule has 5 aromatic rings. The van der Waals surface area contributed by atoms with Crippen molar-refractivity contribution in [2.75, 3.05) is 23.7 Å². The van der Waals surface area contributed by atoms with Gasteiger partial charge < -0.3 is 25.6 Å². The van der Waals surface area contributed by atoms with Crippen molar-refractivity contribution in [3.05, 3.63) is 163 Å². The number of carboxylic acids is 2. The largest absolute Gasteiger partial charge is 1.00 e. The van der Waals surface area contributed by atoms with Crippen LogP contribution in [0.15, 0.2) is 145 Å². The normalized spacial score (nSPS) is 13.1. The summed E-state index contributed by atoms with van der Waals surface area (Å²) >= 11 is 0. The number of rotatable bonds is 18. The number of fused-ring (bicyclic) bond motifs is 2. The van der Waals surface area contributed by atoms with E-state index in [-0.39, 0.29) is 126 Å². The van der Waals surface area contributed by atoms with Crippen LogP contribution < -0.4 is 119 Å². The smallest absolute Gasteiger partial charge is 0.550 e. The van der Waals surface area contributed by atoms with E-state index in [0.29, 0.717) is 6.42 Å². The maximum absolute atomic E-state index is 10.7. The minimum Gasteiger partial charge on any atom is -0.550 e. The van der Waals surface area contributed by atoms with Crippen LogP contribution in [-0.2, 0) is 41.6 Å². The molecule has 0 saturated heterocycles. The van der Waals surface area contributed by atoms with E-state index in [2.05, 4.69) is 102 Å². The molecule has 2 aliphatic rings. The van der Waals surface area contributed by atoms with Crippen molar-refractivity contribution in [3.63, 3.8) is 0 Å². The van der Waals surface area contributed by atoms with Gasteiger partial charge in [-0.25, -0.2) is 14.1 Å². The summed E-state index contributed by atoms with van der Waals surface area (Å²) in [7, 11) is -6.22. The Labute approximate surface area is 518 Å². The van der Waals surface area contributed by atoms with E-state index in [9.17, 15) is 14.7 Å². The van der Waals surface area contributed by atoms with Crippen LogP contribution in [0.1, 0.15) is 97.1 Å². The Morgan fingerprint density at radius 3 is 1.56 bits per heavy atom. The molecular formula is C54H62K2N5O10S2+. The first kappa shape index (κ1) is 66.9. The molecule has 0 bridgehead atoms. The molecule has 0 atom stereocenters. The first-order valence-electron chi connectivity index (χ1n) is 23.0. The number of aliphatic carboxylic acids is 2. The van der Waals surface area contributed by atoms with Gasteiger partial charge in [0, 0.05) is 66.6 Å². The van der Waals surface area contributed by atoms with Gasteiger partial charge in [-0.2, -0.15) is 36.4 Å². The summed E-state index contributed by atoms with van der Waals surface area (Å²) in [6.45, 7) is 13.0. The second-order valence-corrected chi connectivity index (χ2v) is 18.0. The van der Waals surface area contributed by atoms with E-state index in [1.54, 1.807) is 6.34 Å². The molecule has 0 fully saturated rings. The van der Waals surface area contributed by atoms with E-state index < -0.39 is 33.2 Å². The Balaban J connectivity index is 0.000000520. The minimum atomic E-state index is -3.11. The molecule has 73 heavy (non-hydrogen) atoms. The summed E-state index contributed by atoms with van der Waals surface area (Å²) in [4.78, 5) is 25.4. The summed E-state index contributed by atoms with van der Waals surface area (Å²) in [6.07, 6.45) is 11.5. The number of anilines is 2. The summed E-state index contributed by atoms with van der Waals surface area (Å²) in [5.74, 6) is -1.67. The summed E-state index contributed by atoms with van der Waals surface area (Å²) in [6, 6.07) is 48.6. The number of aliphatic imine (C=N–C) groups is 1. The fourth-order valence-corrected chi connectivity index (χ4v) is 7.88. The number of hydrogen-bond acceptors (Lipinski definition) is 11. The molecule has 0 aromatic heterocycles. The van der Waals surface area contributed by atoms with Gasteiger partial charge in [-0.1, -0.05) is 93.4 Å². The first-order chi connectivity index (χ1) is 33.9. The number of carboxylic acid groups (broad SMARTS) is 2. The number of hydrogen-bond donors (Lipinski definition) is 3. The molecule has 0 spiro atoms. The maximum Gasteiger partial charge on any atom is 1.00 e. The van der Waals surface area contributed by atoms with Gasteiger partial charge in [-0.05, 0) is 68.5 Å². The van der Waals surface area contributed by atoms with Crippen LogP contribution >= 0.6 is 0 Å². The third-order valence-electron chi connectivity index (χ3n) is 11.6. The summed E-state index contributed by atoms with van der Waals surface area (Å²) in [5, 5.41) is 25.7. The van der Waals surface area contributed by atoms with Gasteiger partial charge in [0.2, 0.25) is 0 Å². The third kappa shape index (κ3) is 24.4. The van der Waals surface area contributed by atoms with Crippen LogP contribution in [0, 0.1) is 12.1 Å². The fourth-order valence-electron chi connectivity index (χ4n) is 7.88.